The number of hydrogen-bond donors (Lipinski definition) is 2. The lowest BCUT2D eigenvalue weighted by Gasteiger charge is -2.06. The number of hydrogen-bond acceptors (Lipinski definition) is 4. The molecule has 0 unspecified atom stereocenters. The highest BCUT2D eigenvalue weighted by molar-refractivity contribution is 5.91. The summed E-state index contributed by atoms with van der Waals surface area (Å²) in [6.07, 6.45) is 3.11. The highest BCUT2D eigenvalue weighted by atomic mass is 16.5. The van der Waals surface area contributed by atoms with E-state index in [4.69, 9.17) is 0 Å². The van der Waals surface area contributed by atoms with E-state index < -0.39 is 12.0 Å². The molecule has 6 heteroatoms. The molecule has 0 bridgehead atoms. The van der Waals surface area contributed by atoms with E-state index in [-0.39, 0.29) is 6.54 Å². The van der Waals surface area contributed by atoms with Gasteiger partial charge in [-0.05, 0) is 19.1 Å². The van der Waals surface area contributed by atoms with Gasteiger partial charge in [0.2, 0.25) is 0 Å². The van der Waals surface area contributed by atoms with Crippen LogP contribution in [0.2, 0.25) is 0 Å². The van der Waals surface area contributed by atoms with Crippen LogP contribution >= 0.6 is 0 Å². The highest BCUT2D eigenvalue weighted by Gasteiger charge is 2.05. The van der Waals surface area contributed by atoms with Gasteiger partial charge < -0.3 is 15.4 Å². The molecule has 2 N–H and O–H groups in total. The molecule has 0 spiro atoms. The van der Waals surface area contributed by atoms with E-state index in [9.17, 15) is 9.59 Å². The zero-order valence-corrected chi connectivity index (χ0v) is 8.90. The molecule has 1 aromatic rings. The first-order valence-corrected chi connectivity index (χ1v) is 4.83. The standard InChI is InChI=1S/C10H13N3O3/c1-2-16-9(14)7-12-10(15)13-8-3-5-11-6-4-8/h3-6H,2,7H2,1H3,(H2,11,12,13,15). The summed E-state index contributed by atoms with van der Waals surface area (Å²) in [7, 11) is 0. The summed E-state index contributed by atoms with van der Waals surface area (Å²) < 4.78 is 4.65. The first-order chi connectivity index (χ1) is 7.72. The van der Waals surface area contributed by atoms with Gasteiger partial charge in [0.25, 0.3) is 0 Å². The molecule has 0 fully saturated rings. The largest absolute Gasteiger partial charge is 0.465 e. The summed E-state index contributed by atoms with van der Waals surface area (Å²) in [5.41, 5.74) is 0.608. The quantitative estimate of drug-likeness (QED) is 0.739. The SMILES string of the molecule is CCOC(=O)CNC(=O)Nc1ccncc1. The van der Waals surface area contributed by atoms with Crippen LogP contribution in [0.15, 0.2) is 24.5 Å². The van der Waals surface area contributed by atoms with Gasteiger partial charge in [-0.1, -0.05) is 0 Å². The Morgan fingerprint density at radius 1 is 1.38 bits per heavy atom. The van der Waals surface area contributed by atoms with Gasteiger partial charge in [0.15, 0.2) is 0 Å². The van der Waals surface area contributed by atoms with Crippen LogP contribution in [0.5, 0.6) is 0 Å². The zero-order valence-electron chi connectivity index (χ0n) is 8.90. The number of amides is 2. The molecule has 0 atom stereocenters. The summed E-state index contributed by atoms with van der Waals surface area (Å²) in [6, 6.07) is 2.83. The number of carbonyl (C=O) groups is 2. The van der Waals surface area contributed by atoms with Gasteiger partial charge >= 0.3 is 12.0 Å². The Bertz CT molecular complexity index is 354. The van der Waals surface area contributed by atoms with Crippen molar-refractivity contribution in [2.45, 2.75) is 6.92 Å². The average Bonchev–Trinajstić information content (AvgIpc) is 2.28. The molecular weight excluding hydrogens is 210 g/mol. The number of aromatic nitrogens is 1. The van der Waals surface area contributed by atoms with Crippen molar-refractivity contribution in [3.63, 3.8) is 0 Å². The Kier molecular flexibility index (Phi) is 4.78. The minimum absolute atomic E-state index is 0.148. The molecule has 1 heterocycles. The number of nitrogens with zero attached hydrogens (tertiary/aromatic N) is 1. The number of urea groups is 1. The first kappa shape index (κ1) is 12.0. The molecule has 0 saturated carbocycles. The van der Waals surface area contributed by atoms with Crippen LogP contribution in [0, 0.1) is 0 Å². The Labute approximate surface area is 93.0 Å². The van der Waals surface area contributed by atoms with Gasteiger partial charge in [-0.25, -0.2) is 4.79 Å². The monoisotopic (exact) mass is 223 g/mol. The van der Waals surface area contributed by atoms with Crippen molar-refractivity contribution in [3.05, 3.63) is 24.5 Å². The Morgan fingerprint density at radius 3 is 2.69 bits per heavy atom. The molecule has 0 aliphatic carbocycles. The van der Waals surface area contributed by atoms with E-state index in [1.54, 1.807) is 31.5 Å². The lowest BCUT2D eigenvalue weighted by atomic mass is 10.4. The molecule has 1 aromatic heterocycles. The van der Waals surface area contributed by atoms with Gasteiger partial charge in [0, 0.05) is 18.1 Å². The number of pyridine rings is 1. The van der Waals surface area contributed by atoms with Crippen LogP contribution in [0.1, 0.15) is 6.92 Å². The average molecular weight is 223 g/mol. The van der Waals surface area contributed by atoms with Crippen LogP contribution in [0.25, 0.3) is 0 Å². The van der Waals surface area contributed by atoms with Crippen LogP contribution in [0.4, 0.5) is 10.5 Å². The maximum Gasteiger partial charge on any atom is 0.325 e. The normalized spacial score (nSPS) is 9.31. The smallest absolute Gasteiger partial charge is 0.325 e. The summed E-state index contributed by atoms with van der Waals surface area (Å²) >= 11 is 0. The van der Waals surface area contributed by atoms with E-state index >= 15 is 0 Å². The van der Waals surface area contributed by atoms with Crippen molar-refractivity contribution in [2.75, 3.05) is 18.5 Å². The van der Waals surface area contributed by atoms with E-state index in [2.05, 4.69) is 20.4 Å². The Balaban J connectivity index is 2.29. The summed E-state index contributed by atoms with van der Waals surface area (Å²) in [6.45, 7) is 1.85. The highest BCUT2D eigenvalue weighted by Crippen LogP contribution is 2.01. The fourth-order valence-electron chi connectivity index (χ4n) is 0.975. The van der Waals surface area contributed by atoms with E-state index in [0.717, 1.165) is 0 Å². The lowest BCUT2D eigenvalue weighted by molar-refractivity contribution is -0.141. The fourth-order valence-corrected chi connectivity index (χ4v) is 0.975. The molecule has 0 saturated heterocycles. The number of nitrogens with one attached hydrogen (secondary N) is 2. The fraction of sp³-hybridized carbons (Fsp3) is 0.300. The molecule has 16 heavy (non-hydrogen) atoms. The van der Waals surface area contributed by atoms with Gasteiger partial charge in [-0.15, -0.1) is 0 Å². The Morgan fingerprint density at radius 2 is 2.06 bits per heavy atom. The minimum Gasteiger partial charge on any atom is -0.465 e. The van der Waals surface area contributed by atoms with E-state index in [0.29, 0.717) is 12.3 Å². The third-order valence-corrected chi connectivity index (χ3v) is 1.64. The molecule has 86 valence electrons. The van der Waals surface area contributed by atoms with Crippen LogP contribution < -0.4 is 10.6 Å². The summed E-state index contributed by atoms with van der Waals surface area (Å²) in [5, 5.41) is 4.91. The number of esters is 1. The van der Waals surface area contributed by atoms with E-state index in [1.165, 1.54) is 0 Å². The molecule has 0 radical (unpaired) electrons. The maximum absolute atomic E-state index is 11.3. The topological polar surface area (TPSA) is 80.3 Å². The third kappa shape index (κ3) is 4.41. The van der Waals surface area contributed by atoms with Crippen molar-refractivity contribution in [1.29, 1.82) is 0 Å². The Hall–Kier alpha value is -2.11. The van der Waals surface area contributed by atoms with Crippen LogP contribution in [-0.2, 0) is 9.53 Å². The van der Waals surface area contributed by atoms with Gasteiger partial charge in [0.1, 0.15) is 6.54 Å². The predicted molar refractivity (Wildman–Crippen MR) is 57.9 cm³/mol. The molecular formula is C10H13N3O3. The van der Waals surface area contributed by atoms with Gasteiger partial charge in [-0.3, -0.25) is 9.78 Å². The number of ether oxygens (including phenoxy) is 1. The summed E-state index contributed by atoms with van der Waals surface area (Å²) in [5.74, 6) is -0.465. The second-order valence-electron chi connectivity index (χ2n) is 2.85. The number of rotatable bonds is 4. The van der Waals surface area contributed by atoms with E-state index in [1.807, 2.05) is 0 Å². The molecule has 0 aromatic carbocycles. The number of anilines is 1. The lowest BCUT2D eigenvalue weighted by Crippen LogP contribution is -2.34. The van der Waals surface area contributed by atoms with Crippen molar-refractivity contribution >= 4 is 17.7 Å². The molecule has 1 rings (SSSR count). The predicted octanol–water partition coefficient (Wildman–Crippen LogP) is 0.766. The number of carbonyl (C=O) groups excluding carboxylic acids is 2. The molecule has 0 aliphatic rings. The van der Waals surface area contributed by atoms with Gasteiger partial charge in [0.05, 0.1) is 6.61 Å². The molecule has 2 amide bonds. The third-order valence-electron chi connectivity index (χ3n) is 1.64. The maximum atomic E-state index is 11.3. The second kappa shape index (κ2) is 6.39. The molecule has 6 nitrogen and oxygen atoms in total. The first-order valence-electron chi connectivity index (χ1n) is 4.83. The van der Waals surface area contributed by atoms with Crippen LogP contribution in [0.3, 0.4) is 0 Å². The van der Waals surface area contributed by atoms with Crippen molar-refractivity contribution < 1.29 is 14.3 Å². The van der Waals surface area contributed by atoms with Gasteiger partial charge in [-0.2, -0.15) is 0 Å². The van der Waals surface area contributed by atoms with Crippen molar-refractivity contribution in [3.8, 4) is 0 Å². The minimum atomic E-state index is -0.465. The summed E-state index contributed by atoms with van der Waals surface area (Å²) in [4.78, 5) is 26.0. The van der Waals surface area contributed by atoms with Crippen molar-refractivity contribution in [1.82, 2.24) is 10.3 Å². The second-order valence-corrected chi connectivity index (χ2v) is 2.85. The van der Waals surface area contributed by atoms with Crippen LogP contribution in [-0.4, -0.2) is 30.1 Å². The molecule has 0 aliphatic heterocycles. The zero-order chi connectivity index (χ0) is 11.8. The van der Waals surface area contributed by atoms with Crippen molar-refractivity contribution in [2.24, 2.45) is 0 Å².